The monoisotopic (exact) mass is 578 g/mol. The van der Waals surface area contributed by atoms with Crippen LogP contribution in [0, 0.1) is 22.7 Å². The number of hydrogen-bond acceptors (Lipinski definition) is 10. The maximum atomic E-state index is 12.5. The van der Waals surface area contributed by atoms with Crippen molar-refractivity contribution in [2.75, 3.05) is 13.7 Å². The summed E-state index contributed by atoms with van der Waals surface area (Å²) in [5.41, 5.74) is -1.26. The highest BCUT2D eigenvalue weighted by atomic mass is 16.7. The van der Waals surface area contributed by atoms with E-state index in [1.54, 1.807) is 13.4 Å². The molecule has 3 unspecified atom stereocenters. The van der Waals surface area contributed by atoms with Crippen molar-refractivity contribution in [1.82, 2.24) is 0 Å². The summed E-state index contributed by atoms with van der Waals surface area (Å²) in [5.74, 6) is 0.371. The van der Waals surface area contributed by atoms with Crippen LogP contribution in [0.25, 0.3) is 0 Å². The Balaban J connectivity index is 1.22. The zero-order chi connectivity index (χ0) is 29.4. The molecule has 6 rings (SSSR count). The molecule has 230 valence electrons. The SMILES string of the molecule is CO[C@]12CCC(OC3O[C@H](CO)[C@@H](O)[C@H](O)[C@H]3O)C[C@@]1(C)CC[C@@H]1C2CC[C@]2(C)[C@@H](c3ccc(=O)oc3)CC[C@]12O. The van der Waals surface area contributed by atoms with E-state index in [2.05, 4.69) is 13.8 Å². The minimum absolute atomic E-state index is 0.0814. The van der Waals surface area contributed by atoms with Crippen LogP contribution in [0.2, 0.25) is 0 Å². The van der Waals surface area contributed by atoms with Crippen LogP contribution in [0.3, 0.4) is 0 Å². The van der Waals surface area contributed by atoms with Crippen LogP contribution < -0.4 is 5.63 Å². The molecule has 5 N–H and O–H groups in total. The van der Waals surface area contributed by atoms with Crippen LogP contribution in [0.4, 0.5) is 0 Å². The van der Waals surface area contributed by atoms with E-state index < -0.39 is 48.5 Å². The van der Waals surface area contributed by atoms with E-state index in [0.29, 0.717) is 19.3 Å². The van der Waals surface area contributed by atoms with Crippen LogP contribution in [-0.2, 0) is 14.2 Å². The van der Waals surface area contributed by atoms with Gasteiger partial charge >= 0.3 is 5.63 Å². The highest BCUT2D eigenvalue weighted by Gasteiger charge is 2.71. The lowest BCUT2D eigenvalue weighted by atomic mass is 9.42. The first kappa shape index (κ1) is 29.7. The highest BCUT2D eigenvalue weighted by Crippen LogP contribution is 2.71. The predicted molar refractivity (Wildman–Crippen MR) is 146 cm³/mol. The molecule has 0 bridgehead atoms. The first-order valence-electron chi connectivity index (χ1n) is 15.3. The van der Waals surface area contributed by atoms with Gasteiger partial charge in [0, 0.05) is 18.6 Å². The van der Waals surface area contributed by atoms with Crippen LogP contribution in [-0.4, -0.2) is 87.3 Å². The molecule has 0 amide bonds. The highest BCUT2D eigenvalue weighted by molar-refractivity contribution is 5.28. The Morgan fingerprint density at radius 1 is 0.951 bits per heavy atom. The molecule has 2 heterocycles. The van der Waals surface area contributed by atoms with Crippen molar-refractivity contribution in [3.63, 3.8) is 0 Å². The molecular weight excluding hydrogens is 532 g/mol. The van der Waals surface area contributed by atoms with Gasteiger partial charge in [0.15, 0.2) is 6.29 Å². The molecule has 13 atom stereocenters. The molecule has 4 aliphatic carbocycles. The van der Waals surface area contributed by atoms with E-state index in [0.717, 1.165) is 44.1 Å². The molecule has 1 aromatic rings. The molecule has 1 aliphatic heterocycles. The fourth-order valence-corrected chi connectivity index (χ4v) is 10.2. The number of aliphatic hydroxyl groups excluding tert-OH is 4. The average Bonchev–Trinajstić information content (AvgIpc) is 3.24. The third-order valence-electron chi connectivity index (χ3n) is 12.5. The van der Waals surface area contributed by atoms with Gasteiger partial charge < -0.3 is 44.2 Å². The number of fused-ring (bicyclic) bond motifs is 5. The van der Waals surface area contributed by atoms with Gasteiger partial charge in [0.2, 0.25) is 0 Å². The third-order valence-corrected chi connectivity index (χ3v) is 12.5. The second-order valence-electron chi connectivity index (χ2n) is 14.0. The third kappa shape index (κ3) is 4.23. The van der Waals surface area contributed by atoms with Crippen molar-refractivity contribution in [2.24, 2.45) is 22.7 Å². The second kappa shape index (κ2) is 10.4. The van der Waals surface area contributed by atoms with Crippen LogP contribution >= 0.6 is 0 Å². The lowest BCUT2D eigenvalue weighted by Gasteiger charge is -2.67. The van der Waals surface area contributed by atoms with Gasteiger partial charge in [0.1, 0.15) is 24.4 Å². The Morgan fingerprint density at radius 3 is 2.39 bits per heavy atom. The van der Waals surface area contributed by atoms with Gasteiger partial charge in [-0.05, 0) is 92.6 Å². The maximum Gasteiger partial charge on any atom is 0.335 e. The first-order chi connectivity index (χ1) is 19.4. The van der Waals surface area contributed by atoms with Gasteiger partial charge in [-0.3, -0.25) is 0 Å². The summed E-state index contributed by atoms with van der Waals surface area (Å²) < 4.78 is 23.6. The van der Waals surface area contributed by atoms with Gasteiger partial charge in [-0.2, -0.15) is 0 Å². The van der Waals surface area contributed by atoms with E-state index in [1.807, 2.05) is 6.07 Å². The van der Waals surface area contributed by atoms with E-state index in [-0.39, 0.29) is 40.3 Å². The molecule has 0 aromatic carbocycles. The Labute approximate surface area is 240 Å². The van der Waals surface area contributed by atoms with Crippen molar-refractivity contribution < 1.29 is 44.2 Å². The molecule has 0 spiro atoms. The fraction of sp³-hybridized carbons (Fsp3) is 0.839. The Hall–Kier alpha value is -1.37. The molecule has 5 aliphatic rings. The standard InChI is InChI=1S/C31H46O10/c1-28-10-7-20-21(8-11-29(2)19(9-12-30(20,29)37)17-4-5-23(33)39-16-17)31(28,38-3)13-6-18(14-28)40-27-26(36)25(35)24(34)22(15-32)41-27/h4-5,16,18-22,24-27,32,34-37H,6-15H2,1-3H3/t18?,19-,20-,21?,22-,24-,25+,26-,27?,28-,29-,30+,31+/m1/s1. The van der Waals surface area contributed by atoms with Gasteiger partial charge in [-0.15, -0.1) is 0 Å². The van der Waals surface area contributed by atoms with Gasteiger partial charge in [-0.1, -0.05) is 13.8 Å². The van der Waals surface area contributed by atoms with Crippen molar-refractivity contribution in [2.45, 2.75) is 126 Å². The summed E-state index contributed by atoms with van der Waals surface area (Å²) in [6, 6.07) is 3.32. The molecule has 1 saturated heterocycles. The van der Waals surface area contributed by atoms with Crippen molar-refractivity contribution in [3.05, 3.63) is 34.4 Å². The second-order valence-corrected chi connectivity index (χ2v) is 14.0. The molecule has 1 aromatic heterocycles. The Morgan fingerprint density at radius 2 is 1.71 bits per heavy atom. The minimum Gasteiger partial charge on any atom is -0.431 e. The Bertz CT molecular complexity index is 1150. The number of aliphatic hydroxyl groups is 5. The molecule has 10 nitrogen and oxygen atoms in total. The molecular formula is C31H46O10. The molecule has 4 saturated carbocycles. The quantitative estimate of drug-likeness (QED) is 0.326. The number of methoxy groups -OCH3 is 1. The van der Waals surface area contributed by atoms with Crippen molar-refractivity contribution in [1.29, 1.82) is 0 Å². The summed E-state index contributed by atoms with van der Waals surface area (Å²) in [6.45, 7) is 3.96. The van der Waals surface area contributed by atoms with Crippen LogP contribution in [0.15, 0.2) is 27.6 Å². The van der Waals surface area contributed by atoms with E-state index in [1.165, 1.54) is 6.07 Å². The number of hydrogen-bond donors (Lipinski definition) is 5. The van der Waals surface area contributed by atoms with E-state index in [4.69, 9.17) is 18.6 Å². The van der Waals surface area contributed by atoms with Crippen LogP contribution in [0.5, 0.6) is 0 Å². The van der Waals surface area contributed by atoms with Crippen LogP contribution in [0.1, 0.15) is 83.1 Å². The van der Waals surface area contributed by atoms with Gasteiger partial charge in [0.05, 0.1) is 30.2 Å². The van der Waals surface area contributed by atoms with E-state index >= 15 is 0 Å². The fourth-order valence-electron chi connectivity index (χ4n) is 10.2. The zero-order valence-corrected chi connectivity index (χ0v) is 24.3. The summed E-state index contributed by atoms with van der Waals surface area (Å²) >= 11 is 0. The van der Waals surface area contributed by atoms with Crippen molar-refractivity contribution in [3.8, 4) is 0 Å². The molecule has 10 heteroatoms. The minimum atomic E-state index is -1.47. The molecule has 0 radical (unpaired) electrons. The summed E-state index contributed by atoms with van der Waals surface area (Å²) in [6.07, 6.45) is 1.90. The van der Waals surface area contributed by atoms with Gasteiger partial charge in [0.25, 0.3) is 0 Å². The maximum absolute atomic E-state index is 12.5. The largest absolute Gasteiger partial charge is 0.431 e. The smallest absolute Gasteiger partial charge is 0.335 e. The summed E-state index contributed by atoms with van der Waals surface area (Å²) in [5, 5.41) is 53.0. The van der Waals surface area contributed by atoms with Crippen molar-refractivity contribution >= 4 is 0 Å². The molecule has 41 heavy (non-hydrogen) atoms. The van der Waals surface area contributed by atoms with E-state index in [9.17, 15) is 30.3 Å². The first-order valence-corrected chi connectivity index (χ1v) is 15.3. The zero-order valence-electron chi connectivity index (χ0n) is 24.3. The predicted octanol–water partition coefficient (Wildman–Crippen LogP) is 1.84. The molecule has 5 fully saturated rings. The number of ether oxygens (including phenoxy) is 3. The van der Waals surface area contributed by atoms with Gasteiger partial charge in [-0.25, -0.2) is 4.79 Å². The lowest BCUT2D eigenvalue weighted by Crippen LogP contribution is -2.69. The topological polar surface area (TPSA) is 159 Å². The number of rotatable bonds is 5. The Kier molecular flexibility index (Phi) is 7.51. The normalized spacial score (nSPS) is 51.5. The lowest BCUT2D eigenvalue weighted by molar-refractivity contribution is -0.326. The summed E-state index contributed by atoms with van der Waals surface area (Å²) in [7, 11) is 1.79. The summed E-state index contributed by atoms with van der Waals surface area (Å²) in [4.78, 5) is 11.6. The average molecular weight is 579 g/mol.